The monoisotopic (exact) mass is 393 g/mol. The molecule has 0 unspecified atom stereocenters. The molecule has 1 aliphatic rings. The average molecular weight is 393 g/mol. The fourth-order valence-electron chi connectivity index (χ4n) is 3.23. The molecular formula is C19H18F3N3OS. The van der Waals surface area contributed by atoms with Crippen molar-refractivity contribution in [3.05, 3.63) is 46.8 Å². The van der Waals surface area contributed by atoms with Gasteiger partial charge in [0.1, 0.15) is 17.3 Å². The molecule has 0 saturated heterocycles. The van der Waals surface area contributed by atoms with Gasteiger partial charge in [0.15, 0.2) is 0 Å². The van der Waals surface area contributed by atoms with Gasteiger partial charge in [-0.1, -0.05) is 0 Å². The maximum Gasteiger partial charge on any atom is 0.573 e. The molecule has 0 fully saturated rings. The topological polar surface area (TPSA) is 39.1 Å². The zero-order chi connectivity index (χ0) is 19.0. The number of ether oxygens (including phenoxy) is 1. The third-order valence-electron chi connectivity index (χ3n) is 4.41. The van der Waals surface area contributed by atoms with Crippen molar-refractivity contribution in [2.45, 2.75) is 32.5 Å². The number of aryl methyl sites for hydroxylation is 1. The Hall–Kier alpha value is -2.48. The van der Waals surface area contributed by atoms with Crippen molar-refractivity contribution in [3.8, 4) is 22.0 Å². The van der Waals surface area contributed by atoms with Crippen LogP contribution in [0.5, 0.6) is 5.75 Å². The third kappa shape index (κ3) is 3.80. The second kappa shape index (κ2) is 6.92. The van der Waals surface area contributed by atoms with Gasteiger partial charge in [0.05, 0.1) is 10.6 Å². The number of rotatable bonds is 3. The number of aromatic nitrogens is 2. The fraction of sp³-hybridized carbons (Fsp3) is 0.316. The molecule has 0 radical (unpaired) electrons. The van der Waals surface area contributed by atoms with Crippen molar-refractivity contribution in [3.63, 3.8) is 0 Å². The number of nitrogens with one attached hydrogen (secondary N) is 1. The summed E-state index contributed by atoms with van der Waals surface area (Å²) in [6, 6.07) is 7.91. The van der Waals surface area contributed by atoms with Gasteiger partial charge in [-0.2, -0.15) is 5.10 Å². The van der Waals surface area contributed by atoms with E-state index in [0.29, 0.717) is 5.69 Å². The van der Waals surface area contributed by atoms with E-state index in [1.165, 1.54) is 17.7 Å². The van der Waals surface area contributed by atoms with Crippen LogP contribution >= 0.6 is 11.3 Å². The summed E-state index contributed by atoms with van der Waals surface area (Å²) < 4.78 is 42.9. The lowest BCUT2D eigenvalue weighted by Gasteiger charge is -2.11. The summed E-state index contributed by atoms with van der Waals surface area (Å²) in [6.45, 7) is 2.89. The molecule has 8 heteroatoms. The van der Waals surface area contributed by atoms with Gasteiger partial charge in [0.25, 0.3) is 0 Å². The second-order valence-electron chi connectivity index (χ2n) is 6.50. The van der Waals surface area contributed by atoms with E-state index in [1.54, 1.807) is 28.2 Å². The molecule has 4 rings (SSSR count). The Balaban J connectivity index is 1.75. The van der Waals surface area contributed by atoms with Crippen LogP contribution in [0.25, 0.3) is 16.3 Å². The first-order valence-corrected chi connectivity index (χ1v) is 9.56. The predicted molar refractivity (Wildman–Crippen MR) is 99.7 cm³/mol. The Kier molecular flexibility index (Phi) is 4.59. The van der Waals surface area contributed by atoms with Gasteiger partial charge < -0.3 is 10.1 Å². The van der Waals surface area contributed by atoms with Crippen LogP contribution in [0.2, 0.25) is 0 Å². The van der Waals surface area contributed by atoms with Gasteiger partial charge in [0.2, 0.25) is 0 Å². The molecule has 0 saturated carbocycles. The Labute approximate surface area is 158 Å². The number of alkyl halides is 3. The van der Waals surface area contributed by atoms with Crippen molar-refractivity contribution in [2.24, 2.45) is 0 Å². The van der Waals surface area contributed by atoms with E-state index >= 15 is 0 Å². The third-order valence-corrected chi connectivity index (χ3v) is 5.46. The smallest absolute Gasteiger partial charge is 0.406 e. The maximum atomic E-state index is 12.4. The van der Waals surface area contributed by atoms with Gasteiger partial charge in [-0.15, -0.1) is 24.5 Å². The summed E-state index contributed by atoms with van der Waals surface area (Å²) in [5.41, 5.74) is 3.97. The minimum Gasteiger partial charge on any atom is -0.406 e. The Morgan fingerprint density at radius 3 is 2.63 bits per heavy atom. The van der Waals surface area contributed by atoms with Gasteiger partial charge in [-0.25, -0.2) is 4.68 Å². The number of benzene rings is 1. The molecule has 3 heterocycles. The highest BCUT2D eigenvalue weighted by Gasteiger charge is 2.31. The first-order chi connectivity index (χ1) is 12.9. The van der Waals surface area contributed by atoms with Crippen LogP contribution in [0, 0.1) is 6.92 Å². The molecule has 2 aromatic heterocycles. The molecular weight excluding hydrogens is 375 g/mol. The molecule has 1 N–H and O–H groups in total. The highest BCUT2D eigenvalue weighted by Crippen LogP contribution is 2.37. The number of halogens is 3. The second-order valence-corrected chi connectivity index (χ2v) is 7.41. The highest BCUT2D eigenvalue weighted by atomic mass is 32.1. The van der Waals surface area contributed by atoms with E-state index < -0.39 is 6.36 Å². The summed E-state index contributed by atoms with van der Waals surface area (Å²) in [6.07, 6.45) is -1.64. The molecule has 0 atom stereocenters. The van der Waals surface area contributed by atoms with E-state index in [2.05, 4.69) is 21.5 Å². The van der Waals surface area contributed by atoms with Gasteiger partial charge in [-0.3, -0.25) is 0 Å². The lowest BCUT2D eigenvalue weighted by Crippen LogP contribution is -2.17. The summed E-state index contributed by atoms with van der Waals surface area (Å²) >= 11 is 1.65. The molecule has 1 aliphatic heterocycles. The average Bonchev–Trinajstić information content (AvgIpc) is 3.10. The van der Waals surface area contributed by atoms with Crippen molar-refractivity contribution in [1.82, 2.24) is 9.78 Å². The van der Waals surface area contributed by atoms with E-state index in [9.17, 15) is 13.2 Å². The quantitative estimate of drug-likeness (QED) is 0.634. The van der Waals surface area contributed by atoms with Crippen molar-refractivity contribution < 1.29 is 17.9 Å². The van der Waals surface area contributed by atoms with Gasteiger partial charge >= 0.3 is 6.36 Å². The first-order valence-electron chi connectivity index (χ1n) is 8.68. The van der Waals surface area contributed by atoms with Crippen molar-refractivity contribution in [2.75, 3.05) is 11.9 Å². The summed E-state index contributed by atoms with van der Waals surface area (Å²) in [7, 11) is 0. The van der Waals surface area contributed by atoms with E-state index in [4.69, 9.17) is 5.10 Å². The minimum absolute atomic E-state index is 0.244. The van der Waals surface area contributed by atoms with Crippen LogP contribution in [0.3, 0.4) is 0 Å². The summed E-state index contributed by atoms with van der Waals surface area (Å²) in [5, 5.41) is 10.3. The zero-order valence-electron chi connectivity index (χ0n) is 14.6. The van der Waals surface area contributed by atoms with Crippen LogP contribution in [-0.4, -0.2) is 22.7 Å². The predicted octanol–water partition coefficient (Wildman–Crippen LogP) is 5.56. The Morgan fingerprint density at radius 2 is 1.96 bits per heavy atom. The Bertz CT molecular complexity index is 944. The number of fused-ring (bicyclic) bond motifs is 1. The van der Waals surface area contributed by atoms with Gasteiger partial charge in [-0.05, 0) is 67.5 Å². The normalized spacial score (nSPS) is 14.4. The Morgan fingerprint density at radius 1 is 1.19 bits per heavy atom. The number of anilines is 1. The van der Waals surface area contributed by atoms with Crippen molar-refractivity contribution in [1.29, 1.82) is 0 Å². The van der Waals surface area contributed by atoms with E-state index in [-0.39, 0.29) is 5.75 Å². The molecule has 0 amide bonds. The standard InChI is InChI=1S/C19H18F3N3OS/c1-12-10-16(27-11-12)17-15-4-2-3-9-23-18(15)25(24-17)13-5-7-14(8-6-13)26-19(20,21)22/h5-8,10-11,23H,2-4,9H2,1H3. The van der Waals surface area contributed by atoms with Crippen molar-refractivity contribution >= 4 is 17.2 Å². The zero-order valence-corrected chi connectivity index (χ0v) is 15.5. The van der Waals surface area contributed by atoms with Crippen LogP contribution in [0.4, 0.5) is 19.0 Å². The summed E-state index contributed by atoms with van der Waals surface area (Å²) in [4.78, 5) is 1.10. The molecule has 27 heavy (non-hydrogen) atoms. The fourth-order valence-corrected chi connectivity index (χ4v) is 4.14. The first kappa shape index (κ1) is 17.9. The van der Waals surface area contributed by atoms with E-state index in [1.807, 2.05) is 6.92 Å². The summed E-state index contributed by atoms with van der Waals surface area (Å²) in [5.74, 6) is 0.671. The maximum absolute atomic E-state index is 12.4. The molecule has 0 aliphatic carbocycles. The lowest BCUT2D eigenvalue weighted by atomic mass is 10.1. The van der Waals surface area contributed by atoms with Crippen LogP contribution < -0.4 is 10.1 Å². The van der Waals surface area contributed by atoms with E-state index in [0.717, 1.165) is 47.8 Å². The molecule has 0 spiro atoms. The minimum atomic E-state index is -4.70. The largest absolute Gasteiger partial charge is 0.573 e. The molecule has 1 aromatic carbocycles. The molecule has 142 valence electrons. The number of nitrogens with zero attached hydrogens (tertiary/aromatic N) is 2. The molecule has 3 aromatic rings. The van der Waals surface area contributed by atoms with Crippen LogP contribution in [0.1, 0.15) is 24.0 Å². The van der Waals surface area contributed by atoms with Gasteiger partial charge in [0, 0.05) is 12.1 Å². The number of hydrogen-bond donors (Lipinski definition) is 1. The number of thiophene rings is 1. The molecule has 0 bridgehead atoms. The highest BCUT2D eigenvalue weighted by molar-refractivity contribution is 7.13. The van der Waals surface area contributed by atoms with Crippen LogP contribution in [-0.2, 0) is 6.42 Å². The molecule has 4 nitrogen and oxygen atoms in total. The SMILES string of the molecule is Cc1csc(-c2nn(-c3ccc(OC(F)(F)F)cc3)c3c2CCCCN3)c1. The number of hydrogen-bond acceptors (Lipinski definition) is 4. The van der Waals surface area contributed by atoms with Crippen LogP contribution in [0.15, 0.2) is 35.7 Å². The lowest BCUT2D eigenvalue weighted by molar-refractivity contribution is -0.274.